The minimum atomic E-state index is -4.48. The van der Waals surface area contributed by atoms with Gasteiger partial charge in [-0.15, -0.1) is 0 Å². The number of rotatable bonds is 7. The summed E-state index contributed by atoms with van der Waals surface area (Å²) in [6.07, 6.45) is -5.06. The molecule has 5 nitrogen and oxygen atoms in total. The number of pyridine rings is 1. The Labute approximate surface area is 201 Å². The van der Waals surface area contributed by atoms with Crippen molar-refractivity contribution in [3.8, 4) is 22.5 Å². The molecule has 0 radical (unpaired) electrons. The number of aryl methyl sites for hydroxylation is 1. The van der Waals surface area contributed by atoms with Gasteiger partial charge in [0.05, 0.1) is 5.56 Å². The molecular formula is C26H18F5NO4. The summed E-state index contributed by atoms with van der Waals surface area (Å²) >= 11 is 0. The SMILES string of the molecule is CCC(=O)c1c(-c2ccc(F)cc2)oc2cc(CCC(F)(F)F)c(-c3cnc(F)c(C(=O)O)c3)cc12. The lowest BCUT2D eigenvalue weighted by Crippen LogP contribution is -2.09. The number of aromatic nitrogens is 1. The molecule has 0 atom stereocenters. The number of aromatic carboxylic acids is 1. The number of ketones is 1. The smallest absolute Gasteiger partial charge is 0.389 e. The molecule has 2 aromatic carbocycles. The van der Waals surface area contributed by atoms with Gasteiger partial charge in [-0.2, -0.15) is 17.6 Å². The lowest BCUT2D eigenvalue weighted by atomic mass is 9.92. The fraction of sp³-hybridized carbons (Fsp3) is 0.192. The molecule has 2 aromatic heterocycles. The van der Waals surface area contributed by atoms with Crippen molar-refractivity contribution in [2.75, 3.05) is 0 Å². The number of carboxylic acids is 1. The number of halogens is 5. The van der Waals surface area contributed by atoms with Gasteiger partial charge in [0.25, 0.3) is 0 Å². The maximum Gasteiger partial charge on any atom is 0.389 e. The number of carbonyl (C=O) groups is 2. The highest BCUT2D eigenvalue weighted by Gasteiger charge is 2.29. The summed E-state index contributed by atoms with van der Waals surface area (Å²) in [7, 11) is 0. The van der Waals surface area contributed by atoms with Crippen LogP contribution in [0, 0.1) is 11.8 Å². The van der Waals surface area contributed by atoms with Crippen LogP contribution in [0.25, 0.3) is 33.4 Å². The molecule has 10 heteroatoms. The number of hydrogen-bond donors (Lipinski definition) is 1. The summed E-state index contributed by atoms with van der Waals surface area (Å²) < 4.78 is 72.4. The number of alkyl halides is 3. The maximum absolute atomic E-state index is 13.9. The number of benzene rings is 2. The fourth-order valence-electron chi connectivity index (χ4n) is 3.94. The first-order valence-electron chi connectivity index (χ1n) is 10.8. The van der Waals surface area contributed by atoms with E-state index >= 15 is 0 Å². The third-order valence-corrected chi connectivity index (χ3v) is 5.68. The fourth-order valence-corrected chi connectivity index (χ4v) is 3.94. The first-order chi connectivity index (χ1) is 17.0. The highest BCUT2D eigenvalue weighted by molar-refractivity contribution is 6.13. The first-order valence-corrected chi connectivity index (χ1v) is 10.8. The highest BCUT2D eigenvalue weighted by atomic mass is 19.4. The number of furan rings is 1. The standard InChI is InChI=1S/C26H18F5NO4/c1-2-20(33)22-18-11-17(15-9-19(25(34)35)24(28)32-12-15)14(7-8-26(29,30)31)10-21(18)36-23(22)13-3-5-16(27)6-4-13/h3-6,9-12H,2,7-8H2,1H3,(H,34,35). The van der Waals surface area contributed by atoms with Crippen molar-refractivity contribution in [2.24, 2.45) is 0 Å². The van der Waals surface area contributed by atoms with E-state index in [1.54, 1.807) is 6.92 Å². The molecule has 0 aliphatic carbocycles. The third-order valence-electron chi connectivity index (χ3n) is 5.68. The molecule has 36 heavy (non-hydrogen) atoms. The summed E-state index contributed by atoms with van der Waals surface area (Å²) in [6.45, 7) is 1.62. The second-order valence-corrected chi connectivity index (χ2v) is 8.08. The van der Waals surface area contributed by atoms with E-state index in [4.69, 9.17) is 4.42 Å². The van der Waals surface area contributed by atoms with Gasteiger partial charge in [0, 0.05) is 35.6 Å². The van der Waals surface area contributed by atoms with E-state index in [0.29, 0.717) is 5.56 Å². The van der Waals surface area contributed by atoms with E-state index in [2.05, 4.69) is 4.98 Å². The van der Waals surface area contributed by atoms with Crippen molar-refractivity contribution < 1.29 is 41.1 Å². The van der Waals surface area contributed by atoms with Gasteiger partial charge in [-0.1, -0.05) is 6.92 Å². The zero-order chi connectivity index (χ0) is 26.2. The van der Waals surface area contributed by atoms with E-state index in [0.717, 1.165) is 12.3 Å². The predicted octanol–water partition coefficient (Wildman–Crippen LogP) is 7.23. The monoisotopic (exact) mass is 503 g/mol. The van der Waals surface area contributed by atoms with Crippen LogP contribution in [0.3, 0.4) is 0 Å². The van der Waals surface area contributed by atoms with Gasteiger partial charge in [-0.25, -0.2) is 14.2 Å². The molecule has 0 aliphatic rings. The molecule has 0 saturated carbocycles. The van der Waals surface area contributed by atoms with Gasteiger partial charge in [-0.05, 0) is 60.0 Å². The third kappa shape index (κ3) is 4.98. The zero-order valence-electron chi connectivity index (χ0n) is 18.7. The minimum Gasteiger partial charge on any atom is -0.478 e. The molecule has 2 heterocycles. The maximum atomic E-state index is 13.9. The van der Waals surface area contributed by atoms with Crippen molar-refractivity contribution in [1.29, 1.82) is 0 Å². The van der Waals surface area contributed by atoms with Crippen LogP contribution in [0.1, 0.15) is 46.0 Å². The van der Waals surface area contributed by atoms with E-state index in [-0.39, 0.29) is 51.2 Å². The number of hydrogen-bond acceptors (Lipinski definition) is 4. The Hall–Kier alpha value is -4.08. The quantitative estimate of drug-likeness (QED) is 0.164. The van der Waals surface area contributed by atoms with E-state index in [9.17, 15) is 36.6 Å². The lowest BCUT2D eigenvalue weighted by molar-refractivity contribution is -0.133. The topological polar surface area (TPSA) is 80.4 Å². The van der Waals surface area contributed by atoms with Gasteiger partial charge in [0.1, 0.15) is 22.7 Å². The van der Waals surface area contributed by atoms with E-state index in [1.165, 1.54) is 36.4 Å². The van der Waals surface area contributed by atoms with Crippen molar-refractivity contribution >= 4 is 22.7 Å². The number of carboxylic acid groups (broad SMARTS) is 1. The molecule has 0 unspecified atom stereocenters. The molecule has 4 aromatic rings. The number of carbonyl (C=O) groups excluding carboxylic acids is 1. The van der Waals surface area contributed by atoms with Crippen LogP contribution in [0.4, 0.5) is 22.0 Å². The van der Waals surface area contributed by atoms with Crippen LogP contribution < -0.4 is 0 Å². The Kier molecular flexibility index (Phi) is 6.62. The van der Waals surface area contributed by atoms with Crippen molar-refractivity contribution in [3.63, 3.8) is 0 Å². The summed E-state index contributed by atoms with van der Waals surface area (Å²) in [5.74, 6) is -3.55. The van der Waals surface area contributed by atoms with Gasteiger partial charge in [-0.3, -0.25) is 4.79 Å². The Morgan fingerprint density at radius 3 is 2.33 bits per heavy atom. The average molecular weight is 503 g/mol. The van der Waals surface area contributed by atoms with Crippen LogP contribution in [0.5, 0.6) is 0 Å². The van der Waals surface area contributed by atoms with E-state index in [1.807, 2.05) is 0 Å². The van der Waals surface area contributed by atoms with E-state index < -0.39 is 42.3 Å². The average Bonchev–Trinajstić information content (AvgIpc) is 3.20. The highest BCUT2D eigenvalue weighted by Crippen LogP contribution is 2.39. The molecule has 0 fully saturated rings. The molecule has 4 rings (SSSR count). The van der Waals surface area contributed by atoms with Crippen LogP contribution in [-0.4, -0.2) is 28.0 Å². The minimum absolute atomic E-state index is 0.0623. The molecular weight excluding hydrogens is 485 g/mol. The molecule has 1 N–H and O–H groups in total. The second-order valence-electron chi connectivity index (χ2n) is 8.08. The van der Waals surface area contributed by atoms with Crippen molar-refractivity contribution in [3.05, 3.63) is 77.1 Å². The summed E-state index contributed by atoms with van der Waals surface area (Å²) in [4.78, 5) is 27.8. The molecule has 0 aliphatic heterocycles. The molecule has 0 bridgehead atoms. The molecule has 186 valence electrons. The number of fused-ring (bicyclic) bond motifs is 1. The molecule has 0 amide bonds. The second kappa shape index (κ2) is 9.52. The Morgan fingerprint density at radius 2 is 1.72 bits per heavy atom. The number of nitrogens with zero attached hydrogens (tertiary/aromatic N) is 1. The van der Waals surface area contributed by atoms with Gasteiger partial charge >= 0.3 is 12.1 Å². The summed E-state index contributed by atoms with van der Waals surface area (Å²) in [5, 5.41) is 9.54. The molecule has 0 saturated heterocycles. The Bertz CT molecular complexity index is 1470. The van der Waals surface area contributed by atoms with Gasteiger partial charge < -0.3 is 9.52 Å². The zero-order valence-corrected chi connectivity index (χ0v) is 18.7. The lowest BCUT2D eigenvalue weighted by Gasteiger charge is -2.13. The van der Waals surface area contributed by atoms with Crippen molar-refractivity contribution in [1.82, 2.24) is 4.98 Å². The van der Waals surface area contributed by atoms with Crippen LogP contribution >= 0.6 is 0 Å². The Balaban J connectivity index is 2.00. The van der Waals surface area contributed by atoms with Gasteiger partial charge in [0.2, 0.25) is 5.95 Å². The van der Waals surface area contributed by atoms with Gasteiger partial charge in [0.15, 0.2) is 5.78 Å². The normalized spacial score (nSPS) is 11.7. The summed E-state index contributed by atoms with van der Waals surface area (Å²) in [5.41, 5.74) is 0.264. The van der Waals surface area contributed by atoms with Crippen LogP contribution in [0.2, 0.25) is 0 Å². The van der Waals surface area contributed by atoms with Crippen LogP contribution in [0.15, 0.2) is 53.1 Å². The molecule has 0 spiro atoms. The first kappa shape index (κ1) is 25.0. The largest absolute Gasteiger partial charge is 0.478 e. The van der Waals surface area contributed by atoms with Crippen LogP contribution in [-0.2, 0) is 6.42 Å². The van der Waals surface area contributed by atoms with Crippen molar-refractivity contribution in [2.45, 2.75) is 32.4 Å². The Morgan fingerprint density at radius 1 is 1.03 bits per heavy atom. The summed E-state index contributed by atoms with van der Waals surface area (Å²) in [6, 6.07) is 8.93. The predicted molar refractivity (Wildman–Crippen MR) is 121 cm³/mol. The number of Topliss-reactive ketones (excluding diaryl/α,β-unsaturated/α-hetero) is 1.